The number of hydrogen-bond acceptors (Lipinski definition) is 6. The van der Waals surface area contributed by atoms with E-state index in [4.69, 9.17) is 10.2 Å². The molecule has 7 nitrogen and oxygen atoms in total. The predicted molar refractivity (Wildman–Crippen MR) is 126 cm³/mol. The van der Waals surface area contributed by atoms with Crippen LogP contribution in [-0.4, -0.2) is 101 Å². The van der Waals surface area contributed by atoms with Crippen molar-refractivity contribution in [1.82, 2.24) is 24.3 Å². The van der Waals surface area contributed by atoms with Crippen molar-refractivity contribution < 1.29 is 29.7 Å². The normalized spacial score (nSPS) is 16.8. The van der Waals surface area contributed by atoms with Crippen LogP contribution in [0.3, 0.4) is 0 Å². The molecule has 1 aromatic rings. The summed E-state index contributed by atoms with van der Waals surface area (Å²) in [6.45, 7) is 14.5. The summed E-state index contributed by atoms with van der Waals surface area (Å²) in [6.07, 6.45) is 7.46. The summed E-state index contributed by atoms with van der Waals surface area (Å²) in [4.78, 5) is 11.0. The molecule has 1 unspecified atom stereocenters. The number of hydrogen-bond donors (Lipinski definition) is 2. The van der Waals surface area contributed by atoms with Crippen molar-refractivity contribution in [1.29, 1.82) is 0 Å². The molecule has 1 atom stereocenters. The first-order valence-corrected chi connectivity index (χ1v) is 10.1. The van der Waals surface area contributed by atoms with Gasteiger partial charge in [0.2, 0.25) is 0 Å². The molecule has 1 aliphatic heterocycles. The van der Waals surface area contributed by atoms with Gasteiger partial charge < -0.3 is 29.5 Å². The fraction of sp³-hybridized carbons (Fsp3) is 0.773. The Morgan fingerprint density at radius 1 is 0.967 bits per heavy atom. The molecule has 2 heterocycles. The summed E-state index contributed by atoms with van der Waals surface area (Å²) in [6, 6.07) is 0. The van der Waals surface area contributed by atoms with E-state index in [9.17, 15) is 0 Å². The molecule has 0 aliphatic carbocycles. The van der Waals surface area contributed by atoms with Gasteiger partial charge in [-0.05, 0) is 41.1 Å². The SMILES string of the molecule is C.CC(O)=CC(C)O.CCC.CN1CCN(C)CCN(C)CC1.Cn1ccnc1.[Ru+3]. The first-order chi connectivity index (χ1) is 13.1. The Balaban J connectivity index is -0.000000163. The van der Waals surface area contributed by atoms with E-state index in [1.54, 1.807) is 19.4 Å². The van der Waals surface area contributed by atoms with E-state index < -0.39 is 6.10 Å². The Morgan fingerprint density at radius 3 is 1.40 bits per heavy atom. The van der Waals surface area contributed by atoms with Gasteiger partial charge in [-0.3, -0.25) is 0 Å². The molecule has 1 fully saturated rings. The Labute approximate surface area is 199 Å². The second kappa shape index (κ2) is 24.5. The summed E-state index contributed by atoms with van der Waals surface area (Å²) in [5.41, 5.74) is 0. The van der Waals surface area contributed by atoms with Crippen LogP contribution in [0.15, 0.2) is 30.6 Å². The van der Waals surface area contributed by atoms with Crippen molar-refractivity contribution in [2.45, 2.75) is 47.6 Å². The summed E-state index contributed by atoms with van der Waals surface area (Å²) >= 11 is 0. The standard InChI is InChI=1S/C9H21N3.C5H10O2.C4H6N2.C3H8.CH4.Ru/c1-10-4-6-11(2)8-9-12(3)7-5-10;1-4(6)3-5(2)7;1-6-3-2-5-4-6;1-3-2;;/h4-9H2,1-3H3;3-4,6-7H,1-2H3;2-4H,1H3;3H2,1-2H3;1H4;/q;;;;;+3. The summed E-state index contributed by atoms with van der Waals surface area (Å²) < 4.78 is 1.89. The van der Waals surface area contributed by atoms with E-state index >= 15 is 0 Å². The second-order valence-electron chi connectivity index (χ2n) is 7.39. The molecule has 1 aliphatic rings. The zero-order valence-corrected chi connectivity index (χ0v) is 21.6. The van der Waals surface area contributed by atoms with Crippen LogP contribution < -0.4 is 0 Å². The molecular weight excluding hydrogens is 467 g/mol. The van der Waals surface area contributed by atoms with Gasteiger partial charge in [-0.15, -0.1) is 0 Å². The predicted octanol–water partition coefficient (Wildman–Crippen LogP) is 3.09. The van der Waals surface area contributed by atoms with Gasteiger partial charge in [0.05, 0.1) is 18.2 Å². The van der Waals surface area contributed by atoms with Gasteiger partial charge in [0, 0.05) is 58.7 Å². The maximum atomic E-state index is 8.49. The van der Waals surface area contributed by atoms with Crippen LogP contribution >= 0.6 is 0 Å². The van der Waals surface area contributed by atoms with Gasteiger partial charge in [-0.1, -0.05) is 27.7 Å². The molecular formula is C22H49N5O2Ru+3. The summed E-state index contributed by atoms with van der Waals surface area (Å²) in [5, 5.41) is 16.9. The molecule has 0 saturated carbocycles. The molecule has 0 bridgehead atoms. The van der Waals surface area contributed by atoms with Crippen molar-refractivity contribution in [3.63, 3.8) is 0 Å². The van der Waals surface area contributed by atoms with Crippen molar-refractivity contribution in [3.8, 4) is 0 Å². The Hall–Kier alpha value is -0.787. The number of nitrogens with zero attached hydrogens (tertiary/aromatic N) is 5. The Bertz CT molecular complexity index is 430. The zero-order chi connectivity index (χ0) is 21.9. The van der Waals surface area contributed by atoms with Crippen LogP contribution in [-0.2, 0) is 26.5 Å². The average molecular weight is 517 g/mol. The van der Waals surface area contributed by atoms with Gasteiger partial charge in [0.1, 0.15) is 0 Å². The van der Waals surface area contributed by atoms with Gasteiger partial charge in [0.25, 0.3) is 0 Å². The maximum absolute atomic E-state index is 8.49. The van der Waals surface area contributed by atoms with E-state index in [2.05, 4.69) is 54.7 Å². The molecule has 0 amide bonds. The van der Waals surface area contributed by atoms with Crippen LogP contribution in [0.1, 0.15) is 41.5 Å². The number of rotatable bonds is 1. The van der Waals surface area contributed by atoms with Crippen LogP contribution in [0.5, 0.6) is 0 Å². The minimum Gasteiger partial charge on any atom is -0.513 e. The summed E-state index contributed by atoms with van der Waals surface area (Å²) in [5.74, 6) is 0.162. The molecule has 1 radical (unpaired) electrons. The van der Waals surface area contributed by atoms with E-state index in [-0.39, 0.29) is 32.7 Å². The zero-order valence-electron chi connectivity index (χ0n) is 19.8. The monoisotopic (exact) mass is 517 g/mol. The molecule has 30 heavy (non-hydrogen) atoms. The largest absolute Gasteiger partial charge is 3.00 e. The van der Waals surface area contributed by atoms with Gasteiger partial charge >= 0.3 is 19.5 Å². The number of likely N-dealkylation sites (N-methyl/N-ethyl adjacent to an activating group) is 3. The third-order valence-corrected chi connectivity index (χ3v) is 3.71. The average Bonchev–Trinajstić information content (AvgIpc) is 3.08. The second-order valence-corrected chi connectivity index (χ2v) is 7.39. The van der Waals surface area contributed by atoms with Crippen molar-refractivity contribution in [2.75, 3.05) is 60.4 Å². The number of aromatic nitrogens is 2. The third kappa shape index (κ3) is 29.4. The minimum atomic E-state index is -0.537. The summed E-state index contributed by atoms with van der Waals surface area (Å²) in [7, 11) is 8.54. The molecule has 179 valence electrons. The quantitative estimate of drug-likeness (QED) is 0.442. The fourth-order valence-electron chi connectivity index (χ4n) is 2.03. The van der Waals surface area contributed by atoms with Crippen molar-refractivity contribution >= 4 is 0 Å². The van der Waals surface area contributed by atoms with Crippen LogP contribution in [0.25, 0.3) is 0 Å². The molecule has 2 rings (SSSR count). The van der Waals surface area contributed by atoms with Crippen LogP contribution in [0.4, 0.5) is 0 Å². The van der Waals surface area contributed by atoms with E-state index in [0.29, 0.717) is 0 Å². The molecule has 1 aromatic heterocycles. The van der Waals surface area contributed by atoms with Gasteiger partial charge in [-0.25, -0.2) is 4.98 Å². The minimum absolute atomic E-state index is 0. The van der Waals surface area contributed by atoms with E-state index in [1.165, 1.54) is 58.7 Å². The van der Waals surface area contributed by atoms with Gasteiger partial charge in [0.15, 0.2) is 0 Å². The third-order valence-electron chi connectivity index (χ3n) is 3.71. The Morgan fingerprint density at radius 2 is 1.30 bits per heavy atom. The number of aryl methyl sites for hydroxylation is 1. The number of aliphatic hydroxyl groups is 2. The molecule has 8 heteroatoms. The van der Waals surface area contributed by atoms with Gasteiger partial charge in [-0.2, -0.15) is 0 Å². The topological polar surface area (TPSA) is 68.0 Å². The number of aliphatic hydroxyl groups excluding tert-OH is 2. The van der Waals surface area contributed by atoms with Crippen LogP contribution in [0.2, 0.25) is 0 Å². The Kier molecular flexibility index (Phi) is 29.9. The van der Waals surface area contributed by atoms with Crippen molar-refractivity contribution in [3.05, 3.63) is 30.6 Å². The van der Waals surface area contributed by atoms with Crippen LogP contribution in [0, 0.1) is 0 Å². The fourth-order valence-corrected chi connectivity index (χ4v) is 2.03. The first-order valence-electron chi connectivity index (χ1n) is 10.1. The molecule has 0 aromatic carbocycles. The molecule has 2 N–H and O–H groups in total. The molecule has 1 saturated heterocycles. The first kappa shape index (κ1) is 36.6. The number of allylic oxidation sites excluding steroid dienone is 1. The van der Waals surface area contributed by atoms with E-state index in [0.717, 1.165) is 0 Å². The maximum Gasteiger partial charge on any atom is 3.00 e. The molecule has 0 spiro atoms. The van der Waals surface area contributed by atoms with Crippen molar-refractivity contribution in [2.24, 2.45) is 7.05 Å². The smallest absolute Gasteiger partial charge is 0.513 e. The number of imidazole rings is 1. The van der Waals surface area contributed by atoms with E-state index in [1.807, 2.05) is 17.8 Å².